The van der Waals surface area contributed by atoms with Crippen LogP contribution in [-0.4, -0.2) is 107 Å². The van der Waals surface area contributed by atoms with Crippen LogP contribution < -0.4 is 21.3 Å². The minimum atomic E-state index is -0.920. The number of hydrogen-bond acceptors (Lipinski definition) is 12. The van der Waals surface area contributed by atoms with Gasteiger partial charge in [0.1, 0.15) is 12.1 Å². The van der Waals surface area contributed by atoms with Crippen molar-refractivity contribution in [1.29, 1.82) is 1.34 Å². The van der Waals surface area contributed by atoms with Gasteiger partial charge in [0.25, 0.3) is 5.91 Å². The van der Waals surface area contributed by atoms with Gasteiger partial charge in [-0.2, -0.15) is 4.99 Å². The first-order valence-corrected chi connectivity index (χ1v) is 24.5. The number of urea groups is 1. The summed E-state index contributed by atoms with van der Waals surface area (Å²) in [6, 6.07) is 8.92. The van der Waals surface area contributed by atoms with Crippen LogP contribution in [0.1, 0.15) is 108 Å². The minimum Gasteiger partial charge on any atom is -0.467 e. The number of ketones is 1. The topological polar surface area (TPSA) is 205 Å². The third-order valence-corrected chi connectivity index (χ3v) is 13.3. The summed E-state index contributed by atoms with van der Waals surface area (Å²) in [4.78, 5) is 74.1. The Bertz CT molecular complexity index is 2280. The molecule has 3 atom stereocenters. The Morgan fingerprint density at radius 1 is 0.775 bits per heavy atom. The minimum absolute atomic E-state index is 0. The van der Waals surface area contributed by atoms with E-state index in [4.69, 9.17) is 21.3 Å². The summed E-state index contributed by atoms with van der Waals surface area (Å²) in [6.07, 6.45) is 1.56. The van der Waals surface area contributed by atoms with Crippen LogP contribution >= 0.6 is 47.8 Å². The maximum atomic E-state index is 12.5. The van der Waals surface area contributed by atoms with Crippen LogP contribution in [0.5, 0.6) is 0 Å². The van der Waals surface area contributed by atoms with Crippen LogP contribution in [0.3, 0.4) is 0 Å². The maximum Gasteiger partial charge on any atom is 0.333 e. The Kier molecular flexibility index (Phi) is 30.1. The fraction of sp³-hybridized carbons (Fsp3) is 0.529. The molecular formula is C51H73BBr3N5O10U. The molecule has 1 fully saturated rings. The third kappa shape index (κ3) is 26.1. The van der Waals surface area contributed by atoms with Crippen LogP contribution in [0.4, 0.5) is 16.2 Å². The second-order valence-electron chi connectivity index (χ2n) is 19.5. The van der Waals surface area contributed by atoms with Crippen molar-refractivity contribution in [2.24, 2.45) is 4.99 Å². The Morgan fingerprint density at radius 3 is 1.58 bits per heavy atom. The van der Waals surface area contributed by atoms with Crippen molar-refractivity contribution in [3.8, 4) is 0 Å². The number of nitrogen functional groups attached to an aromatic ring is 1. The number of hydrogen-bond donors (Lipinski definition) is 3. The average Bonchev–Trinajstić information content (AvgIpc) is 3.54. The fourth-order valence-corrected chi connectivity index (χ4v) is 6.79. The SMILES string of the molecule is CC(=O)C(COC(C)(C)C)NC(=O)Cc1cc(C)c(Br)c(C)c1.COC(=O)[C@H](COC(C)(C)C)N=C=O.Cc1cc(N)cc(C)c1Br.Cc1cc(N2C(=O)NC(COC(C)(C)C)C2=O)cc(C)c1Br.[2H][B].[U]. The number of esters is 1. The molecule has 4 N–H and O–H groups in total. The molecule has 2 radical (unpaired) electrons. The van der Waals surface area contributed by atoms with E-state index in [1.54, 1.807) is 0 Å². The smallest absolute Gasteiger partial charge is 0.333 e. The number of rotatable bonds is 13. The largest absolute Gasteiger partial charge is 0.467 e. The van der Waals surface area contributed by atoms with E-state index in [0.717, 1.165) is 46.9 Å². The summed E-state index contributed by atoms with van der Waals surface area (Å²) in [5.74, 6) is -1.16. The molecule has 15 nitrogen and oxygen atoms in total. The standard InChI is InChI=1S/C18H26BrNO3.C16H21BrN2O3.C9H15NO4.C8H10BrN.BH.U/c1-11-7-14(8-12(2)17(11)19)9-16(22)20-15(13(3)21)10-23-18(4,5)6;1-9-6-11(7-10(2)13(9)17)19-14(20)12(18-15(19)21)8-22-16(3,4)5;1-9(2,3)14-5-7(10-6-11)8(12)13-4;1-5-3-7(10)4-6(2)8(5)9;;/h7-8,15H,9-10H2,1-6H3,(H,20,22);6-7,12H,8H2,1-5H3,(H,18,21);7H,5H2,1-4H3;3-4H,10H2,1-2H3;1H;/t;;7-;;;/m..0.../s1/i;;;;1D;. The number of carbonyl (C=O) groups is 5. The van der Waals surface area contributed by atoms with E-state index in [1.165, 1.54) is 36.1 Å². The van der Waals surface area contributed by atoms with Crippen LogP contribution in [-0.2, 0) is 49.3 Å². The first-order valence-electron chi connectivity index (χ1n) is 22.7. The molecule has 1 heterocycles. The maximum absolute atomic E-state index is 12.5. The summed E-state index contributed by atoms with van der Waals surface area (Å²) in [5, 5.41) is 5.44. The fourth-order valence-electron chi connectivity index (χ4n) is 6.10. The van der Waals surface area contributed by atoms with E-state index >= 15 is 0 Å². The number of methoxy groups -OCH3 is 1. The van der Waals surface area contributed by atoms with Crippen LogP contribution in [0.2, 0.25) is 0 Å². The van der Waals surface area contributed by atoms with Gasteiger partial charge in [-0.3, -0.25) is 14.4 Å². The van der Waals surface area contributed by atoms with Crippen LogP contribution in [0.15, 0.2) is 54.8 Å². The van der Waals surface area contributed by atoms with Gasteiger partial charge in [-0.15, -0.1) is 0 Å². The van der Waals surface area contributed by atoms with Gasteiger partial charge in [-0.05, 0) is 175 Å². The number of benzene rings is 3. The first-order chi connectivity index (χ1) is 32.6. The van der Waals surface area contributed by atoms with E-state index in [1.807, 2.05) is 140 Å². The number of carbonyl (C=O) groups excluding carboxylic acids is 6. The summed E-state index contributed by atoms with van der Waals surface area (Å²) in [7, 11) is 4.98. The van der Waals surface area contributed by atoms with Crippen molar-refractivity contribution in [3.05, 3.63) is 88.8 Å². The van der Waals surface area contributed by atoms with Crippen molar-refractivity contribution in [2.75, 3.05) is 37.6 Å². The third-order valence-electron chi connectivity index (χ3n) is 9.57. The zero-order valence-corrected chi connectivity index (χ0v) is 53.2. The van der Waals surface area contributed by atoms with Crippen molar-refractivity contribution in [1.82, 2.24) is 10.6 Å². The van der Waals surface area contributed by atoms with Gasteiger partial charge < -0.3 is 35.3 Å². The molecule has 0 aliphatic carbocycles. The molecule has 0 aromatic heterocycles. The molecule has 3 aromatic carbocycles. The number of aliphatic imine (C=N–C) groups is 1. The van der Waals surface area contributed by atoms with Gasteiger partial charge in [0.2, 0.25) is 12.0 Å². The number of imide groups is 1. The van der Waals surface area contributed by atoms with E-state index in [2.05, 4.69) is 76.5 Å². The quantitative estimate of drug-likeness (QED) is 0.0367. The zero-order chi connectivity index (χ0) is 55.4. The number of halogens is 3. The van der Waals surface area contributed by atoms with Gasteiger partial charge in [0.15, 0.2) is 11.8 Å². The van der Waals surface area contributed by atoms with Gasteiger partial charge in [-0.1, -0.05) is 59.9 Å². The monoisotopic (exact) mass is 1400 g/mol. The Morgan fingerprint density at radius 2 is 1.18 bits per heavy atom. The number of nitrogens with zero attached hydrogens (tertiary/aromatic N) is 2. The molecule has 4 rings (SSSR count). The molecule has 0 saturated carbocycles. The average molecular weight is 1410 g/mol. The first kappa shape index (κ1) is 67.8. The number of Topliss-reactive ketones (excluding diaryl/α,β-unsaturated/α-hetero) is 1. The molecular weight excluding hydrogens is 1330 g/mol. The Hall–Kier alpha value is -3.17. The molecule has 71 heavy (non-hydrogen) atoms. The number of isocyanates is 1. The van der Waals surface area contributed by atoms with Crippen LogP contribution in [0.25, 0.3) is 0 Å². The second kappa shape index (κ2) is 31.5. The predicted octanol–water partition coefficient (Wildman–Crippen LogP) is 9.48. The number of ether oxygens (including phenoxy) is 4. The predicted molar refractivity (Wildman–Crippen MR) is 290 cm³/mol. The van der Waals surface area contributed by atoms with Crippen LogP contribution in [0, 0.1) is 72.7 Å². The molecule has 1 aliphatic heterocycles. The Balaban J connectivity index is 0. The summed E-state index contributed by atoms with van der Waals surface area (Å²) in [5.41, 5.74) is 13.4. The number of aryl methyl sites for hydroxylation is 6. The van der Waals surface area contributed by atoms with E-state index in [9.17, 15) is 28.8 Å². The van der Waals surface area contributed by atoms with Crippen molar-refractivity contribution < 1.29 is 78.8 Å². The Labute approximate surface area is 473 Å². The summed E-state index contributed by atoms with van der Waals surface area (Å²) in [6.45, 7) is 30.7. The molecule has 2 unspecified atom stereocenters. The number of nitrogens with one attached hydrogen (secondary N) is 2. The number of nitrogens with two attached hydrogens (primary N) is 1. The molecule has 0 spiro atoms. The molecule has 0 bridgehead atoms. The summed E-state index contributed by atoms with van der Waals surface area (Å²) >= 11 is 10.5. The van der Waals surface area contributed by atoms with Crippen molar-refractivity contribution in [2.45, 2.75) is 152 Å². The molecule has 1 aliphatic rings. The van der Waals surface area contributed by atoms with Gasteiger partial charge in [-0.25, -0.2) is 19.3 Å². The molecule has 1 saturated heterocycles. The number of anilines is 2. The number of amides is 4. The summed E-state index contributed by atoms with van der Waals surface area (Å²) < 4.78 is 29.4. The second-order valence-corrected chi connectivity index (χ2v) is 21.9. The molecule has 4 amide bonds. The van der Waals surface area contributed by atoms with Gasteiger partial charge in [0.05, 0.1) is 55.8 Å². The molecule has 3 aromatic rings. The van der Waals surface area contributed by atoms with Gasteiger partial charge in [0, 0.05) is 58.6 Å². The zero-order valence-electron chi connectivity index (χ0n) is 45.3. The van der Waals surface area contributed by atoms with E-state index in [-0.39, 0.29) is 91.8 Å². The van der Waals surface area contributed by atoms with E-state index in [0.29, 0.717) is 5.69 Å². The van der Waals surface area contributed by atoms with E-state index < -0.39 is 30.1 Å². The molecule has 390 valence electrons. The van der Waals surface area contributed by atoms with Gasteiger partial charge >= 0.3 is 12.0 Å². The molecule has 20 heteroatoms. The van der Waals surface area contributed by atoms with Crippen molar-refractivity contribution >= 4 is 103 Å². The van der Waals surface area contributed by atoms with Crippen molar-refractivity contribution in [3.63, 3.8) is 0 Å². The normalized spacial score (nSPS) is 14.0.